The van der Waals surface area contributed by atoms with Crippen LogP contribution in [0.3, 0.4) is 0 Å². The molecule has 114 valence electrons. The Kier molecular flexibility index (Phi) is 9.01. The van der Waals surface area contributed by atoms with Gasteiger partial charge in [0, 0.05) is 12.5 Å². The van der Waals surface area contributed by atoms with Crippen LogP contribution in [0.2, 0.25) is 0 Å². The smallest absolute Gasteiger partial charge is 0.220 e. The molecule has 20 heavy (non-hydrogen) atoms. The van der Waals surface area contributed by atoms with E-state index in [1.165, 1.54) is 11.1 Å². The normalized spacial score (nSPS) is 11.4. The summed E-state index contributed by atoms with van der Waals surface area (Å²) in [7, 11) is 0. The first kappa shape index (κ1) is 18.7. The highest BCUT2D eigenvalue weighted by Crippen LogP contribution is 2.15. The van der Waals surface area contributed by atoms with E-state index in [9.17, 15) is 4.79 Å². The van der Waals surface area contributed by atoms with E-state index in [1.54, 1.807) is 0 Å². The molecular weight excluding hydrogens is 276 g/mol. The zero-order valence-electron chi connectivity index (χ0n) is 12.4. The quantitative estimate of drug-likeness (QED) is 0.760. The lowest BCUT2D eigenvalue weighted by atomic mass is 10.1. The summed E-state index contributed by atoms with van der Waals surface area (Å²) in [6, 6.07) is 6.15. The van der Waals surface area contributed by atoms with E-state index in [-0.39, 0.29) is 24.4 Å². The van der Waals surface area contributed by atoms with Gasteiger partial charge in [0.15, 0.2) is 0 Å². The topological polar surface area (TPSA) is 64.3 Å². The van der Waals surface area contributed by atoms with Gasteiger partial charge in [-0.25, -0.2) is 0 Å². The third kappa shape index (κ3) is 8.02. The number of aryl methyl sites for hydroxylation is 2. The molecule has 0 radical (unpaired) electrons. The molecule has 5 heteroatoms. The molecule has 4 nitrogen and oxygen atoms in total. The van der Waals surface area contributed by atoms with Gasteiger partial charge in [0.2, 0.25) is 5.91 Å². The minimum absolute atomic E-state index is 0. The number of hydrogen-bond acceptors (Lipinski definition) is 3. The van der Waals surface area contributed by atoms with Crippen LogP contribution in [0.25, 0.3) is 0 Å². The van der Waals surface area contributed by atoms with Gasteiger partial charge in [0.05, 0.1) is 6.54 Å². The zero-order chi connectivity index (χ0) is 14.3. The Morgan fingerprint density at radius 1 is 1.30 bits per heavy atom. The number of benzene rings is 1. The van der Waals surface area contributed by atoms with Gasteiger partial charge in [-0.05, 0) is 50.5 Å². The van der Waals surface area contributed by atoms with Crippen LogP contribution >= 0.6 is 12.4 Å². The van der Waals surface area contributed by atoms with Crippen LogP contribution in [0.4, 0.5) is 0 Å². The average Bonchev–Trinajstić information content (AvgIpc) is 2.31. The second-order valence-corrected chi connectivity index (χ2v) is 5.04. The Hall–Kier alpha value is -1.26. The molecule has 1 atom stereocenters. The van der Waals surface area contributed by atoms with Crippen LogP contribution in [0.5, 0.6) is 5.75 Å². The van der Waals surface area contributed by atoms with Crippen molar-refractivity contribution in [2.24, 2.45) is 5.73 Å². The summed E-state index contributed by atoms with van der Waals surface area (Å²) in [5.41, 5.74) is 7.95. The van der Waals surface area contributed by atoms with E-state index < -0.39 is 0 Å². The Balaban J connectivity index is 0.00000361. The second kappa shape index (κ2) is 9.61. The van der Waals surface area contributed by atoms with E-state index in [2.05, 4.69) is 11.4 Å². The molecule has 1 aromatic carbocycles. The van der Waals surface area contributed by atoms with Gasteiger partial charge in [-0.3, -0.25) is 4.79 Å². The molecule has 0 aromatic heterocycles. The standard InChI is InChI=1S/C15H24N2O2.ClH/c1-11-8-12(2)10-14(9-11)19-7-6-17-15(18)5-4-13(3)16;/h8-10,13H,4-7,16H2,1-3H3,(H,17,18);1H. The maximum atomic E-state index is 11.4. The van der Waals surface area contributed by atoms with Gasteiger partial charge in [0.25, 0.3) is 0 Å². The lowest BCUT2D eigenvalue weighted by Gasteiger charge is -2.10. The number of amides is 1. The SMILES string of the molecule is Cc1cc(C)cc(OCCNC(=O)CCC(C)N)c1.Cl. The number of carbonyl (C=O) groups excluding carboxylic acids is 1. The van der Waals surface area contributed by atoms with Crippen LogP contribution in [0, 0.1) is 13.8 Å². The second-order valence-electron chi connectivity index (χ2n) is 5.04. The van der Waals surface area contributed by atoms with Crippen LogP contribution in [0.15, 0.2) is 18.2 Å². The number of carbonyl (C=O) groups is 1. The van der Waals surface area contributed by atoms with Gasteiger partial charge in [-0.15, -0.1) is 12.4 Å². The van der Waals surface area contributed by atoms with E-state index in [4.69, 9.17) is 10.5 Å². The molecule has 1 unspecified atom stereocenters. The zero-order valence-corrected chi connectivity index (χ0v) is 13.3. The largest absolute Gasteiger partial charge is 0.492 e. The van der Waals surface area contributed by atoms with Crippen molar-refractivity contribution < 1.29 is 9.53 Å². The Bertz CT molecular complexity index is 402. The highest BCUT2D eigenvalue weighted by Gasteiger charge is 2.03. The minimum Gasteiger partial charge on any atom is -0.492 e. The van der Waals surface area contributed by atoms with E-state index in [0.717, 1.165) is 5.75 Å². The number of halogens is 1. The van der Waals surface area contributed by atoms with Crippen molar-refractivity contribution in [2.75, 3.05) is 13.2 Å². The summed E-state index contributed by atoms with van der Waals surface area (Å²) in [5, 5.41) is 2.82. The third-order valence-corrected chi connectivity index (χ3v) is 2.71. The Morgan fingerprint density at radius 3 is 2.45 bits per heavy atom. The van der Waals surface area contributed by atoms with Crippen LogP contribution in [0.1, 0.15) is 30.9 Å². The molecule has 1 amide bonds. The first-order valence-corrected chi connectivity index (χ1v) is 6.71. The fourth-order valence-electron chi connectivity index (χ4n) is 1.82. The Labute approximate surface area is 127 Å². The highest BCUT2D eigenvalue weighted by molar-refractivity contribution is 5.85. The fourth-order valence-corrected chi connectivity index (χ4v) is 1.82. The summed E-state index contributed by atoms with van der Waals surface area (Å²) in [4.78, 5) is 11.4. The molecule has 1 aromatic rings. The predicted molar refractivity (Wildman–Crippen MR) is 84.6 cm³/mol. The maximum Gasteiger partial charge on any atom is 0.220 e. The number of nitrogens with one attached hydrogen (secondary N) is 1. The van der Waals surface area contributed by atoms with Crippen molar-refractivity contribution in [3.05, 3.63) is 29.3 Å². The number of nitrogens with two attached hydrogens (primary N) is 1. The van der Waals surface area contributed by atoms with Crippen molar-refractivity contribution in [3.63, 3.8) is 0 Å². The molecular formula is C15H25ClN2O2. The van der Waals surface area contributed by atoms with E-state index >= 15 is 0 Å². The lowest BCUT2D eigenvalue weighted by Crippen LogP contribution is -2.29. The van der Waals surface area contributed by atoms with Crippen molar-refractivity contribution in [2.45, 2.75) is 39.7 Å². The summed E-state index contributed by atoms with van der Waals surface area (Å²) < 4.78 is 5.60. The van der Waals surface area contributed by atoms with Crippen molar-refractivity contribution in [1.82, 2.24) is 5.32 Å². The number of rotatable bonds is 7. The monoisotopic (exact) mass is 300 g/mol. The Morgan fingerprint density at radius 2 is 1.90 bits per heavy atom. The van der Waals surface area contributed by atoms with Gasteiger partial charge < -0.3 is 15.8 Å². The van der Waals surface area contributed by atoms with E-state index in [0.29, 0.717) is 26.0 Å². The van der Waals surface area contributed by atoms with Crippen LogP contribution < -0.4 is 15.8 Å². The van der Waals surface area contributed by atoms with Gasteiger partial charge >= 0.3 is 0 Å². The maximum absolute atomic E-state index is 11.4. The third-order valence-electron chi connectivity index (χ3n) is 2.71. The molecule has 0 saturated carbocycles. The molecule has 0 aliphatic carbocycles. The summed E-state index contributed by atoms with van der Waals surface area (Å²) in [6.07, 6.45) is 1.19. The van der Waals surface area contributed by atoms with E-state index in [1.807, 2.05) is 32.9 Å². The van der Waals surface area contributed by atoms with Gasteiger partial charge in [-0.2, -0.15) is 0 Å². The molecule has 0 heterocycles. The number of hydrogen-bond donors (Lipinski definition) is 2. The molecule has 0 aliphatic heterocycles. The molecule has 0 bridgehead atoms. The molecule has 0 aliphatic rings. The van der Waals surface area contributed by atoms with Crippen molar-refractivity contribution in [1.29, 1.82) is 0 Å². The number of ether oxygens (including phenoxy) is 1. The summed E-state index contributed by atoms with van der Waals surface area (Å²) >= 11 is 0. The first-order chi connectivity index (χ1) is 8.97. The molecule has 0 saturated heterocycles. The van der Waals surface area contributed by atoms with Gasteiger partial charge in [-0.1, -0.05) is 6.07 Å². The van der Waals surface area contributed by atoms with Crippen molar-refractivity contribution in [3.8, 4) is 5.75 Å². The molecule has 1 rings (SSSR count). The minimum atomic E-state index is 0. The highest BCUT2D eigenvalue weighted by atomic mass is 35.5. The lowest BCUT2D eigenvalue weighted by molar-refractivity contribution is -0.121. The van der Waals surface area contributed by atoms with Crippen LogP contribution in [-0.4, -0.2) is 25.1 Å². The summed E-state index contributed by atoms with van der Waals surface area (Å²) in [5.74, 6) is 0.878. The summed E-state index contributed by atoms with van der Waals surface area (Å²) in [6.45, 7) is 6.97. The van der Waals surface area contributed by atoms with Crippen LogP contribution in [-0.2, 0) is 4.79 Å². The molecule has 0 spiro atoms. The molecule has 0 fully saturated rings. The predicted octanol–water partition coefficient (Wildman–Crippen LogP) is 2.35. The first-order valence-electron chi connectivity index (χ1n) is 6.71. The molecule has 3 N–H and O–H groups in total. The average molecular weight is 301 g/mol. The van der Waals surface area contributed by atoms with Crippen molar-refractivity contribution >= 4 is 18.3 Å². The fraction of sp³-hybridized carbons (Fsp3) is 0.533. The van der Waals surface area contributed by atoms with Gasteiger partial charge in [0.1, 0.15) is 12.4 Å².